The molecule has 29 heavy (non-hydrogen) atoms. The molecule has 2 aromatic carbocycles. The standard InChI is InChI=1S/C21H20F3N5/c1-14-13-19(26-21(25-14)27-20-16(23)6-4-7-17(20)24)29-11-9-28(10-12-29)18-8-3-2-5-15(18)22/h2-8,13H,9-12H2,1H3,(H,25,26,27). The Balaban J connectivity index is 1.51. The Morgan fingerprint density at radius 1 is 0.793 bits per heavy atom. The molecule has 1 saturated heterocycles. The van der Waals surface area contributed by atoms with Crippen molar-refractivity contribution in [2.45, 2.75) is 6.92 Å². The summed E-state index contributed by atoms with van der Waals surface area (Å²) in [5, 5.41) is 2.64. The van der Waals surface area contributed by atoms with E-state index in [1.54, 1.807) is 19.1 Å². The number of aromatic nitrogens is 2. The second-order valence-electron chi connectivity index (χ2n) is 6.84. The van der Waals surface area contributed by atoms with E-state index in [9.17, 15) is 13.2 Å². The summed E-state index contributed by atoms with van der Waals surface area (Å²) in [4.78, 5) is 12.7. The van der Waals surface area contributed by atoms with Gasteiger partial charge in [-0.15, -0.1) is 0 Å². The first-order valence-corrected chi connectivity index (χ1v) is 9.32. The van der Waals surface area contributed by atoms with E-state index in [-0.39, 0.29) is 17.5 Å². The highest BCUT2D eigenvalue weighted by atomic mass is 19.1. The van der Waals surface area contributed by atoms with Crippen molar-refractivity contribution in [1.29, 1.82) is 0 Å². The number of piperazine rings is 1. The molecule has 2 heterocycles. The van der Waals surface area contributed by atoms with Gasteiger partial charge in [0.25, 0.3) is 0 Å². The highest BCUT2D eigenvalue weighted by Crippen LogP contribution is 2.25. The molecule has 150 valence electrons. The molecule has 5 nitrogen and oxygen atoms in total. The minimum absolute atomic E-state index is 0.125. The van der Waals surface area contributed by atoms with Gasteiger partial charge in [-0.05, 0) is 31.2 Å². The maximum atomic E-state index is 14.0. The molecule has 0 atom stereocenters. The van der Waals surface area contributed by atoms with Crippen molar-refractivity contribution >= 4 is 23.1 Å². The summed E-state index contributed by atoms with van der Waals surface area (Å²) in [7, 11) is 0. The number of nitrogens with zero attached hydrogens (tertiary/aromatic N) is 4. The van der Waals surface area contributed by atoms with Crippen molar-refractivity contribution in [3.05, 3.63) is 71.7 Å². The van der Waals surface area contributed by atoms with E-state index < -0.39 is 11.6 Å². The Bertz CT molecular complexity index is 999. The lowest BCUT2D eigenvalue weighted by atomic mass is 10.2. The number of hydrogen-bond donors (Lipinski definition) is 1. The van der Waals surface area contributed by atoms with Crippen molar-refractivity contribution in [3.63, 3.8) is 0 Å². The highest BCUT2D eigenvalue weighted by Gasteiger charge is 2.21. The normalized spacial score (nSPS) is 14.2. The average molecular weight is 399 g/mol. The zero-order valence-electron chi connectivity index (χ0n) is 15.9. The number of nitrogens with one attached hydrogen (secondary N) is 1. The van der Waals surface area contributed by atoms with E-state index in [0.29, 0.717) is 43.4 Å². The maximum Gasteiger partial charge on any atom is 0.229 e. The Labute approximate surface area is 166 Å². The van der Waals surface area contributed by atoms with Crippen LogP contribution in [-0.4, -0.2) is 36.1 Å². The lowest BCUT2D eigenvalue weighted by Crippen LogP contribution is -2.47. The van der Waals surface area contributed by atoms with Gasteiger partial charge >= 0.3 is 0 Å². The van der Waals surface area contributed by atoms with Crippen LogP contribution in [0, 0.1) is 24.4 Å². The largest absolute Gasteiger partial charge is 0.366 e. The van der Waals surface area contributed by atoms with E-state index in [2.05, 4.69) is 20.2 Å². The van der Waals surface area contributed by atoms with Gasteiger partial charge in [0.05, 0.1) is 5.69 Å². The number of anilines is 4. The molecule has 0 amide bonds. The summed E-state index contributed by atoms with van der Waals surface area (Å²) in [5.74, 6) is -0.881. The average Bonchev–Trinajstić information content (AvgIpc) is 2.71. The second-order valence-corrected chi connectivity index (χ2v) is 6.84. The number of rotatable bonds is 4. The number of halogens is 3. The first-order valence-electron chi connectivity index (χ1n) is 9.32. The van der Waals surface area contributed by atoms with E-state index in [4.69, 9.17) is 0 Å². The molecule has 0 bridgehead atoms. The Hall–Kier alpha value is -3.29. The van der Waals surface area contributed by atoms with Gasteiger partial charge in [0.15, 0.2) is 0 Å². The van der Waals surface area contributed by atoms with Crippen LogP contribution in [0.25, 0.3) is 0 Å². The van der Waals surface area contributed by atoms with Crippen LogP contribution < -0.4 is 15.1 Å². The number of para-hydroxylation sites is 2. The third-order valence-electron chi connectivity index (χ3n) is 4.84. The summed E-state index contributed by atoms with van der Waals surface area (Å²) in [6.07, 6.45) is 0. The number of benzene rings is 2. The van der Waals surface area contributed by atoms with Crippen LogP contribution >= 0.6 is 0 Å². The van der Waals surface area contributed by atoms with Crippen molar-refractivity contribution in [2.75, 3.05) is 41.3 Å². The third kappa shape index (κ3) is 4.11. The second kappa shape index (κ2) is 7.98. The summed E-state index contributed by atoms with van der Waals surface area (Å²) >= 11 is 0. The third-order valence-corrected chi connectivity index (χ3v) is 4.84. The van der Waals surface area contributed by atoms with Crippen molar-refractivity contribution in [2.24, 2.45) is 0 Å². The van der Waals surface area contributed by atoms with Gasteiger partial charge < -0.3 is 15.1 Å². The maximum absolute atomic E-state index is 14.0. The summed E-state index contributed by atoms with van der Waals surface area (Å²) in [6.45, 7) is 4.34. The van der Waals surface area contributed by atoms with Gasteiger partial charge in [-0.1, -0.05) is 18.2 Å². The van der Waals surface area contributed by atoms with Crippen LogP contribution in [0.5, 0.6) is 0 Å². The van der Waals surface area contributed by atoms with E-state index >= 15 is 0 Å². The first kappa shape index (κ1) is 19.0. The van der Waals surface area contributed by atoms with Crippen LogP contribution in [0.1, 0.15) is 5.69 Å². The summed E-state index contributed by atoms with van der Waals surface area (Å²) in [5.41, 5.74) is 0.975. The minimum Gasteiger partial charge on any atom is -0.366 e. The monoisotopic (exact) mass is 399 g/mol. The van der Waals surface area contributed by atoms with Gasteiger partial charge in [0.2, 0.25) is 5.95 Å². The summed E-state index contributed by atoms with van der Waals surface area (Å²) in [6, 6.07) is 12.2. The smallest absolute Gasteiger partial charge is 0.229 e. The Morgan fingerprint density at radius 2 is 1.41 bits per heavy atom. The lowest BCUT2D eigenvalue weighted by Gasteiger charge is -2.37. The van der Waals surface area contributed by atoms with Gasteiger partial charge in [0, 0.05) is 37.9 Å². The molecular formula is C21H20F3N5. The minimum atomic E-state index is -0.713. The molecule has 0 spiro atoms. The molecule has 8 heteroatoms. The fourth-order valence-corrected chi connectivity index (χ4v) is 3.38. The van der Waals surface area contributed by atoms with Gasteiger partial charge in [-0.3, -0.25) is 0 Å². The van der Waals surface area contributed by atoms with Gasteiger partial charge in [0.1, 0.15) is 29.0 Å². The Kier molecular flexibility index (Phi) is 5.24. The fraction of sp³-hybridized carbons (Fsp3) is 0.238. The molecule has 0 unspecified atom stereocenters. The Morgan fingerprint density at radius 3 is 2.10 bits per heavy atom. The fourth-order valence-electron chi connectivity index (χ4n) is 3.38. The predicted octanol–water partition coefficient (Wildman–Crippen LogP) is 4.27. The molecule has 0 aliphatic carbocycles. The number of aryl methyl sites for hydroxylation is 1. The SMILES string of the molecule is Cc1cc(N2CCN(c3ccccc3F)CC2)nc(Nc2c(F)cccc2F)n1. The van der Waals surface area contributed by atoms with Gasteiger partial charge in [-0.25, -0.2) is 18.2 Å². The van der Waals surface area contributed by atoms with Crippen molar-refractivity contribution in [1.82, 2.24) is 9.97 Å². The van der Waals surface area contributed by atoms with E-state index in [1.807, 2.05) is 17.0 Å². The molecule has 1 aliphatic heterocycles. The molecule has 0 radical (unpaired) electrons. The van der Waals surface area contributed by atoms with E-state index in [0.717, 1.165) is 0 Å². The summed E-state index contributed by atoms with van der Waals surface area (Å²) < 4.78 is 41.9. The molecule has 1 N–H and O–H groups in total. The quantitative estimate of drug-likeness (QED) is 0.710. The van der Waals surface area contributed by atoms with Crippen LogP contribution in [-0.2, 0) is 0 Å². The zero-order valence-corrected chi connectivity index (χ0v) is 15.9. The van der Waals surface area contributed by atoms with Crippen LogP contribution in [0.4, 0.5) is 36.3 Å². The molecule has 1 aromatic heterocycles. The molecular weight excluding hydrogens is 379 g/mol. The molecule has 0 saturated carbocycles. The molecule has 1 aliphatic rings. The van der Waals surface area contributed by atoms with Crippen molar-refractivity contribution < 1.29 is 13.2 Å². The zero-order chi connectivity index (χ0) is 20.4. The lowest BCUT2D eigenvalue weighted by molar-refractivity contribution is 0.589. The molecule has 1 fully saturated rings. The van der Waals surface area contributed by atoms with Crippen molar-refractivity contribution in [3.8, 4) is 0 Å². The van der Waals surface area contributed by atoms with Gasteiger partial charge in [-0.2, -0.15) is 4.98 Å². The first-order chi connectivity index (χ1) is 14.0. The molecule has 4 rings (SSSR count). The topological polar surface area (TPSA) is 44.3 Å². The van der Waals surface area contributed by atoms with Crippen LogP contribution in [0.3, 0.4) is 0 Å². The molecule has 3 aromatic rings. The van der Waals surface area contributed by atoms with Crippen LogP contribution in [0.2, 0.25) is 0 Å². The van der Waals surface area contributed by atoms with Crippen LogP contribution in [0.15, 0.2) is 48.5 Å². The highest BCUT2D eigenvalue weighted by molar-refractivity contribution is 5.58. The predicted molar refractivity (Wildman–Crippen MR) is 107 cm³/mol. The number of hydrogen-bond acceptors (Lipinski definition) is 5. The van der Waals surface area contributed by atoms with E-state index in [1.165, 1.54) is 24.3 Å².